The normalized spacial score (nSPS) is 11.1. The summed E-state index contributed by atoms with van der Waals surface area (Å²) in [5, 5.41) is 4.26. The van der Waals surface area contributed by atoms with Crippen molar-refractivity contribution in [2.75, 3.05) is 11.1 Å². The number of benzene rings is 2. The second-order valence-corrected chi connectivity index (χ2v) is 8.42. The average Bonchev–Trinajstić information content (AvgIpc) is 3.20. The number of rotatable bonds is 5. The van der Waals surface area contributed by atoms with Crippen molar-refractivity contribution >= 4 is 44.9 Å². The summed E-state index contributed by atoms with van der Waals surface area (Å²) >= 11 is 2.19. The Labute approximate surface area is 182 Å². The number of thiophene rings is 1. The first-order chi connectivity index (χ1) is 14.8. The molecule has 1 amide bonds. The molecule has 0 saturated carbocycles. The van der Waals surface area contributed by atoms with Crippen LogP contribution in [0, 0.1) is 24.4 Å². The van der Waals surface area contributed by atoms with Crippen LogP contribution in [-0.2, 0) is 4.79 Å². The predicted octanol–water partition coefficient (Wildman–Crippen LogP) is 4.90. The molecule has 4 rings (SSSR count). The van der Waals surface area contributed by atoms with Crippen LogP contribution in [0.1, 0.15) is 5.56 Å². The van der Waals surface area contributed by atoms with Gasteiger partial charge in [-0.2, -0.15) is 0 Å². The first-order valence-electron chi connectivity index (χ1n) is 8.98. The summed E-state index contributed by atoms with van der Waals surface area (Å²) in [6.45, 7) is 1.58. The molecule has 0 saturated heterocycles. The summed E-state index contributed by atoms with van der Waals surface area (Å²) in [5.74, 6) is -2.67. The highest BCUT2D eigenvalue weighted by Crippen LogP contribution is 2.25. The number of nitrogens with zero attached hydrogens (tertiary/aromatic N) is 2. The molecule has 0 aliphatic heterocycles. The van der Waals surface area contributed by atoms with Gasteiger partial charge in [0.2, 0.25) is 5.91 Å². The van der Waals surface area contributed by atoms with Gasteiger partial charge >= 0.3 is 0 Å². The molecule has 0 aliphatic rings. The average molecular weight is 461 g/mol. The van der Waals surface area contributed by atoms with E-state index in [1.165, 1.54) is 34.1 Å². The number of amides is 1. The first kappa shape index (κ1) is 21.1. The molecule has 5 nitrogen and oxygen atoms in total. The van der Waals surface area contributed by atoms with E-state index in [2.05, 4.69) is 10.3 Å². The van der Waals surface area contributed by atoms with Gasteiger partial charge in [0.25, 0.3) is 5.56 Å². The van der Waals surface area contributed by atoms with E-state index in [4.69, 9.17) is 0 Å². The fourth-order valence-electron chi connectivity index (χ4n) is 2.89. The van der Waals surface area contributed by atoms with Gasteiger partial charge in [-0.3, -0.25) is 14.2 Å². The van der Waals surface area contributed by atoms with Crippen LogP contribution in [0.4, 0.5) is 18.9 Å². The van der Waals surface area contributed by atoms with Crippen LogP contribution in [-0.4, -0.2) is 21.2 Å². The molecule has 0 unspecified atom stereocenters. The van der Waals surface area contributed by atoms with Crippen molar-refractivity contribution in [2.45, 2.75) is 12.1 Å². The van der Waals surface area contributed by atoms with Gasteiger partial charge in [-0.1, -0.05) is 11.8 Å². The number of aromatic nitrogens is 2. The molecule has 2 heterocycles. The minimum Gasteiger partial charge on any atom is -0.323 e. The Balaban J connectivity index is 1.66. The number of halogens is 3. The van der Waals surface area contributed by atoms with Gasteiger partial charge in [-0.15, -0.1) is 11.3 Å². The molecule has 31 heavy (non-hydrogen) atoms. The standard InChI is InChI=1S/C21H14F3N3O2S2/c1-11-8-13(3-5-14(11)23)27-20(29)19-16(6-7-30-19)26-21(27)31-10-18(28)25-17-9-12(22)2-4-15(17)24/h2-9H,10H2,1H3,(H,25,28). The maximum Gasteiger partial charge on any atom is 0.276 e. The lowest BCUT2D eigenvalue weighted by atomic mass is 10.2. The van der Waals surface area contributed by atoms with Gasteiger partial charge in [-0.25, -0.2) is 18.2 Å². The number of fused-ring (bicyclic) bond motifs is 1. The summed E-state index contributed by atoms with van der Waals surface area (Å²) in [6, 6.07) is 8.66. The number of nitrogens with one attached hydrogen (secondary N) is 1. The Hall–Kier alpha value is -3.11. The smallest absolute Gasteiger partial charge is 0.276 e. The monoisotopic (exact) mass is 461 g/mol. The Morgan fingerprint density at radius 2 is 1.90 bits per heavy atom. The Bertz CT molecular complexity index is 1370. The highest BCUT2D eigenvalue weighted by Gasteiger charge is 2.17. The van der Waals surface area contributed by atoms with Gasteiger partial charge in [-0.05, 0) is 54.3 Å². The number of anilines is 1. The number of hydrogen-bond acceptors (Lipinski definition) is 5. The molecule has 0 bridgehead atoms. The summed E-state index contributed by atoms with van der Waals surface area (Å²) in [4.78, 5) is 29.8. The predicted molar refractivity (Wildman–Crippen MR) is 116 cm³/mol. The van der Waals surface area contributed by atoms with E-state index >= 15 is 0 Å². The van der Waals surface area contributed by atoms with Gasteiger partial charge in [0.05, 0.1) is 22.6 Å². The first-order valence-corrected chi connectivity index (χ1v) is 10.8. The molecular weight excluding hydrogens is 447 g/mol. The van der Waals surface area contributed by atoms with E-state index in [1.54, 1.807) is 18.4 Å². The molecule has 0 atom stereocenters. The van der Waals surface area contributed by atoms with Crippen molar-refractivity contribution in [1.29, 1.82) is 0 Å². The van der Waals surface area contributed by atoms with E-state index in [9.17, 15) is 22.8 Å². The molecule has 0 aliphatic carbocycles. The number of hydrogen-bond donors (Lipinski definition) is 1. The van der Waals surface area contributed by atoms with Crippen LogP contribution < -0.4 is 10.9 Å². The molecule has 4 aromatic rings. The molecular formula is C21H14F3N3O2S2. The summed E-state index contributed by atoms with van der Waals surface area (Å²) in [7, 11) is 0. The maximum atomic E-state index is 13.8. The van der Waals surface area contributed by atoms with Gasteiger partial charge in [0, 0.05) is 6.07 Å². The number of carbonyl (C=O) groups excluding carboxylic acids is 1. The zero-order valence-electron chi connectivity index (χ0n) is 16.0. The molecule has 2 aromatic heterocycles. The van der Waals surface area contributed by atoms with Crippen molar-refractivity contribution in [1.82, 2.24) is 9.55 Å². The number of thioether (sulfide) groups is 1. The minimum absolute atomic E-state index is 0.210. The molecule has 0 fully saturated rings. The van der Waals surface area contributed by atoms with Crippen molar-refractivity contribution in [3.63, 3.8) is 0 Å². The second kappa shape index (κ2) is 8.56. The number of aryl methyl sites for hydroxylation is 1. The SMILES string of the molecule is Cc1cc(-n2c(SCC(=O)Nc3cc(F)ccc3F)nc3ccsc3c2=O)ccc1F. The maximum absolute atomic E-state index is 13.8. The van der Waals surface area contributed by atoms with Crippen molar-refractivity contribution < 1.29 is 18.0 Å². The van der Waals surface area contributed by atoms with E-state index in [0.29, 0.717) is 21.5 Å². The third-order valence-corrected chi connectivity index (χ3v) is 6.21. The lowest BCUT2D eigenvalue weighted by molar-refractivity contribution is -0.113. The van der Waals surface area contributed by atoms with E-state index in [1.807, 2.05) is 0 Å². The van der Waals surface area contributed by atoms with Gasteiger partial charge in [0.1, 0.15) is 22.2 Å². The fraction of sp³-hybridized carbons (Fsp3) is 0.0952. The molecule has 158 valence electrons. The molecule has 0 radical (unpaired) electrons. The molecule has 1 N–H and O–H groups in total. The van der Waals surface area contributed by atoms with Crippen LogP contribution >= 0.6 is 23.1 Å². The van der Waals surface area contributed by atoms with E-state index in [-0.39, 0.29) is 22.2 Å². The van der Waals surface area contributed by atoms with Crippen LogP contribution in [0.2, 0.25) is 0 Å². The van der Waals surface area contributed by atoms with Crippen LogP contribution in [0.15, 0.2) is 57.8 Å². The van der Waals surface area contributed by atoms with Crippen molar-refractivity contribution in [3.8, 4) is 5.69 Å². The van der Waals surface area contributed by atoms with Gasteiger partial charge in [0.15, 0.2) is 5.16 Å². The summed E-state index contributed by atoms with van der Waals surface area (Å²) in [5.41, 5.74) is 0.615. The fourth-order valence-corrected chi connectivity index (χ4v) is 4.47. The third kappa shape index (κ3) is 4.35. The third-order valence-electron chi connectivity index (χ3n) is 4.38. The zero-order chi connectivity index (χ0) is 22.1. The Kier molecular flexibility index (Phi) is 5.84. The Morgan fingerprint density at radius 3 is 2.68 bits per heavy atom. The Morgan fingerprint density at radius 1 is 1.13 bits per heavy atom. The zero-order valence-corrected chi connectivity index (χ0v) is 17.6. The highest BCUT2D eigenvalue weighted by atomic mass is 32.2. The summed E-state index contributed by atoms with van der Waals surface area (Å²) < 4.78 is 42.5. The molecule has 2 aromatic carbocycles. The largest absolute Gasteiger partial charge is 0.323 e. The van der Waals surface area contributed by atoms with E-state index < -0.39 is 23.4 Å². The molecule has 0 spiro atoms. The highest BCUT2D eigenvalue weighted by molar-refractivity contribution is 7.99. The lowest BCUT2D eigenvalue weighted by Gasteiger charge is -2.13. The number of carbonyl (C=O) groups is 1. The minimum atomic E-state index is -0.767. The van der Waals surface area contributed by atoms with Crippen LogP contribution in [0.25, 0.3) is 15.9 Å². The van der Waals surface area contributed by atoms with E-state index in [0.717, 1.165) is 30.0 Å². The summed E-state index contributed by atoms with van der Waals surface area (Å²) in [6.07, 6.45) is 0. The second-order valence-electron chi connectivity index (χ2n) is 6.56. The quantitative estimate of drug-likeness (QED) is 0.339. The van der Waals surface area contributed by atoms with Crippen molar-refractivity contribution in [2.24, 2.45) is 0 Å². The van der Waals surface area contributed by atoms with Gasteiger partial charge < -0.3 is 5.32 Å². The topological polar surface area (TPSA) is 64.0 Å². The molecule has 10 heteroatoms. The lowest BCUT2D eigenvalue weighted by Crippen LogP contribution is -2.22. The van der Waals surface area contributed by atoms with Crippen LogP contribution in [0.5, 0.6) is 0 Å². The van der Waals surface area contributed by atoms with Crippen molar-refractivity contribution in [3.05, 3.63) is 81.2 Å². The van der Waals surface area contributed by atoms with Crippen LogP contribution in [0.3, 0.4) is 0 Å².